The van der Waals surface area contributed by atoms with Gasteiger partial charge in [-0.3, -0.25) is 9.48 Å². The van der Waals surface area contributed by atoms with Crippen molar-refractivity contribution in [2.24, 2.45) is 0 Å². The van der Waals surface area contributed by atoms with Gasteiger partial charge in [0.15, 0.2) is 0 Å². The molecule has 29 heavy (non-hydrogen) atoms. The number of carboxylic acids is 1. The van der Waals surface area contributed by atoms with Crippen molar-refractivity contribution in [1.29, 1.82) is 0 Å². The average molecular weight is 423 g/mol. The van der Waals surface area contributed by atoms with Gasteiger partial charge in [-0.1, -0.05) is 6.92 Å². The lowest BCUT2D eigenvalue weighted by Gasteiger charge is -2.07. The van der Waals surface area contributed by atoms with E-state index in [0.29, 0.717) is 12.0 Å². The number of hydrogen-bond acceptors (Lipinski definition) is 8. The quantitative estimate of drug-likeness (QED) is 0.618. The molecule has 1 amide bonds. The summed E-state index contributed by atoms with van der Waals surface area (Å²) in [5.41, 5.74) is 0.508. The Bertz CT molecular complexity index is 947. The third-order valence-corrected chi connectivity index (χ3v) is 5.19. The Morgan fingerprint density at radius 2 is 2.00 bits per heavy atom. The standard InChI is InChI=1S/C18H21N3O7S/c1-5-6-28-17(25)12-9(2)13(18(26)27-4)29-15(12)20-14(22)11-7-19-21(8-11)10(3)16(23)24/h7-8,10H,5-6H2,1-4H3,(H,20,22)(H,23,24). The fourth-order valence-electron chi connectivity index (χ4n) is 2.36. The number of ether oxygens (including phenoxy) is 2. The maximum absolute atomic E-state index is 12.6. The van der Waals surface area contributed by atoms with Gasteiger partial charge in [0, 0.05) is 6.20 Å². The lowest BCUT2D eigenvalue weighted by molar-refractivity contribution is -0.140. The van der Waals surface area contributed by atoms with E-state index >= 15 is 0 Å². The van der Waals surface area contributed by atoms with E-state index in [1.54, 1.807) is 6.92 Å². The third-order valence-electron chi connectivity index (χ3n) is 4.00. The summed E-state index contributed by atoms with van der Waals surface area (Å²) in [4.78, 5) is 48.3. The van der Waals surface area contributed by atoms with Crippen LogP contribution < -0.4 is 5.32 Å². The first-order chi connectivity index (χ1) is 13.7. The van der Waals surface area contributed by atoms with Gasteiger partial charge in [0.05, 0.1) is 31.0 Å². The van der Waals surface area contributed by atoms with E-state index in [9.17, 15) is 19.2 Å². The second kappa shape index (κ2) is 9.32. The van der Waals surface area contributed by atoms with Crippen molar-refractivity contribution in [3.05, 3.63) is 34.0 Å². The van der Waals surface area contributed by atoms with Crippen molar-refractivity contribution in [2.45, 2.75) is 33.2 Å². The number of anilines is 1. The molecule has 0 bridgehead atoms. The number of carboxylic acid groups (broad SMARTS) is 1. The Labute approximate surface area is 170 Å². The fourth-order valence-corrected chi connectivity index (χ4v) is 3.47. The smallest absolute Gasteiger partial charge is 0.348 e. The Balaban J connectivity index is 2.35. The van der Waals surface area contributed by atoms with Gasteiger partial charge in [-0.15, -0.1) is 11.3 Å². The molecule has 0 spiro atoms. The highest BCUT2D eigenvalue weighted by molar-refractivity contribution is 7.18. The first-order valence-electron chi connectivity index (χ1n) is 8.68. The lowest BCUT2D eigenvalue weighted by Crippen LogP contribution is -2.17. The average Bonchev–Trinajstić information content (AvgIpc) is 3.30. The van der Waals surface area contributed by atoms with Gasteiger partial charge in [-0.05, 0) is 25.8 Å². The van der Waals surface area contributed by atoms with Crippen LogP contribution in [0.1, 0.15) is 62.3 Å². The number of methoxy groups -OCH3 is 1. The molecule has 1 atom stereocenters. The highest BCUT2D eigenvalue weighted by Gasteiger charge is 2.28. The van der Waals surface area contributed by atoms with Crippen molar-refractivity contribution < 1.29 is 33.8 Å². The first-order valence-corrected chi connectivity index (χ1v) is 9.50. The SMILES string of the molecule is CCCOC(=O)c1c(NC(=O)c2cnn(C(C)C(=O)O)c2)sc(C(=O)OC)c1C. The Morgan fingerprint density at radius 3 is 2.59 bits per heavy atom. The molecular formula is C18H21N3O7S. The number of carbonyl (C=O) groups is 4. The molecule has 11 heteroatoms. The predicted octanol–water partition coefficient (Wildman–Crippen LogP) is 2.50. The zero-order chi connectivity index (χ0) is 21.7. The summed E-state index contributed by atoms with van der Waals surface area (Å²) in [5, 5.41) is 15.6. The summed E-state index contributed by atoms with van der Waals surface area (Å²) in [6, 6.07) is -0.953. The highest BCUT2D eigenvalue weighted by atomic mass is 32.1. The van der Waals surface area contributed by atoms with E-state index < -0.39 is 29.9 Å². The van der Waals surface area contributed by atoms with Gasteiger partial charge < -0.3 is 19.9 Å². The fraction of sp³-hybridized carbons (Fsp3) is 0.389. The normalized spacial score (nSPS) is 11.6. The minimum absolute atomic E-state index is 0.0727. The number of carbonyl (C=O) groups excluding carboxylic acids is 3. The van der Waals surface area contributed by atoms with Crippen LogP contribution in [0.15, 0.2) is 12.4 Å². The van der Waals surface area contributed by atoms with Crippen molar-refractivity contribution in [3.63, 3.8) is 0 Å². The molecule has 2 aromatic rings. The second-order valence-electron chi connectivity index (χ2n) is 6.07. The van der Waals surface area contributed by atoms with Crippen LogP contribution in [0.4, 0.5) is 5.00 Å². The molecule has 0 saturated carbocycles. The number of hydrogen-bond donors (Lipinski definition) is 2. The second-order valence-corrected chi connectivity index (χ2v) is 7.09. The molecule has 2 rings (SSSR count). The van der Waals surface area contributed by atoms with Gasteiger partial charge in [0.25, 0.3) is 5.91 Å². The molecule has 10 nitrogen and oxygen atoms in total. The minimum atomic E-state index is -1.10. The molecule has 0 aliphatic rings. The highest BCUT2D eigenvalue weighted by Crippen LogP contribution is 2.34. The topological polar surface area (TPSA) is 137 Å². The monoisotopic (exact) mass is 423 g/mol. The molecule has 0 aliphatic carbocycles. The molecule has 1 unspecified atom stereocenters. The lowest BCUT2D eigenvalue weighted by atomic mass is 10.1. The van der Waals surface area contributed by atoms with Crippen LogP contribution in [0, 0.1) is 6.92 Å². The largest absolute Gasteiger partial charge is 0.480 e. The minimum Gasteiger partial charge on any atom is -0.480 e. The van der Waals surface area contributed by atoms with Crippen LogP contribution >= 0.6 is 11.3 Å². The molecule has 0 fully saturated rings. The maximum atomic E-state index is 12.6. The number of rotatable bonds is 8. The van der Waals surface area contributed by atoms with E-state index in [0.717, 1.165) is 16.0 Å². The summed E-state index contributed by atoms with van der Waals surface area (Å²) < 4.78 is 11.0. The van der Waals surface area contributed by atoms with Crippen molar-refractivity contribution in [3.8, 4) is 0 Å². The van der Waals surface area contributed by atoms with E-state index in [1.807, 2.05) is 6.92 Å². The van der Waals surface area contributed by atoms with Crippen molar-refractivity contribution >= 4 is 40.2 Å². The number of nitrogens with one attached hydrogen (secondary N) is 1. The van der Waals surface area contributed by atoms with Crippen LogP contribution in [0.5, 0.6) is 0 Å². The van der Waals surface area contributed by atoms with Crippen LogP contribution in [-0.4, -0.2) is 52.4 Å². The van der Waals surface area contributed by atoms with E-state index in [4.69, 9.17) is 14.6 Å². The summed E-state index contributed by atoms with van der Waals surface area (Å²) in [6.45, 7) is 5.01. The van der Waals surface area contributed by atoms with Gasteiger partial charge in [0.1, 0.15) is 15.9 Å². The molecule has 0 saturated heterocycles. The van der Waals surface area contributed by atoms with Gasteiger partial charge in [0.2, 0.25) is 0 Å². The molecule has 2 N–H and O–H groups in total. The number of amides is 1. The zero-order valence-electron chi connectivity index (χ0n) is 16.3. The Kier molecular flexibility index (Phi) is 7.10. The van der Waals surface area contributed by atoms with Crippen LogP contribution in [0.3, 0.4) is 0 Å². The number of thiophene rings is 1. The number of nitrogens with zero attached hydrogens (tertiary/aromatic N) is 2. The maximum Gasteiger partial charge on any atom is 0.348 e. The summed E-state index contributed by atoms with van der Waals surface area (Å²) >= 11 is 0.893. The number of aliphatic carboxylic acids is 1. The van der Waals surface area contributed by atoms with Crippen molar-refractivity contribution in [2.75, 3.05) is 19.0 Å². The molecule has 2 heterocycles. The number of esters is 2. The van der Waals surface area contributed by atoms with Gasteiger partial charge >= 0.3 is 17.9 Å². The zero-order valence-corrected chi connectivity index (χ0v) is 17.2. The van der Waals surface area contributed by atoms with Crippen LogP contribution in [-0.2, 0) is 14.3 Å². The number of aromatic nitrogens is 2. The third kappa shape index (κ3) is 4.80. The van der Waals surface area contributed by atoms with Crippen LogP contribution in [0.2, 0.25) is 0 Å². The summed E-state index contributed by atoms with van der Waals surface area (Å²) in [6.07, 6.45) is 3.11. The van der Waals surface area contributed by atoms with E-state index in [2.05, 4.69) is 10.4 Å². The summed E-state index contributed by atoms with van der Waals surface area (Å²) in [7, 11) is 1.22. The molecule has 0 radical (unpaired) electrons. The Morgan fingerprint density at radius 1 is 1.31 bits per heavy atom. The van der Waals surface area contributed by atoms with E-state index in [1.165, 1.54) is 26.4 Å². The first kappa shape index (κ1) is 22.1. The van der Waals surface area contributed by atoms with Gasteiger partial charge in [-0.2, -0.15) is 5.10 Å². The van der Waals surface area contributed by atoms with Crippen molar-refractivity contribution in [1.82, 2.24) is 9.78 Å². The molecule has 0 aromatic carbocycles. The molecular weight excluding hydrogens is 402 g/mol. The molecule has 156 valence electrons. The van der Waals surface area contributed by atoms with E-state index in [-0.39, 0.29) is 27.6 Å². The van der Waals surface area contributed by atoms with Gasteiger partial charge in [-0.25, -0.2) is 14.4 Å². The molecule has 0 aliphatic heterocycles. The Hall–Kier alpha value is -3.21. The van der Waals surface area contributed by atoms with Crippen LogP contribution in [0.25, 0.3) is 0 Å². The predicted molar refractivity (Wildman–Crippen MR) is 103 cm³/mol. The summed E-state index contributed by atoms with van der Waals surface area (Å²) in [5.74, 6) is -3.02. The molecule has 2 aromatic heterocycles.